The minimum atomic E-state index is -0.503. The molecule has 0 bridgehead atoms. The molecule has 2 aliphatic heterocycles. The molecule has 3 aromatic rings. The molecule has 1 unspecified atom stereocenters. The molecule has 0 saturated carbocycles. The third kappa shape index (κ3) is 3.97. The van der Waals surface area contributed by atoms with Crippen molar-refractivity contribution in [3.63, 3.8) is 0 Å². The Morgan fingerprint density at radius 1 is 1.03 bits per heavy atom. The summed E-state index contributed by atoms with van der Waals surface area (Å²) in [4.78, 5) is 41.7. The molecule has 1 N–H and O–H groups in total. The minimum Gasteiger partial charge on any atom is -0.342 e. The summed E-state index contributed by atoms with van der Waals surface area (Å²) in [7, 11) is 0. The highest BCUT2D eigenvalue weighted by Crippen LogP contribution is 2.29. The fourth-order valence-corrected chi connectivity index (χ4v) is 4.86. The van der Waals surface area contributed by atoms with Crippen molar-refractivity contribution in [1.82, 2.24) is 24.8 Å². The SMILES string of the molecule is O=C(c1ccccc1F)N1CCC(C(=O)N2CCCC(c3nc4ccncc4[nH]3)C2)CC1. The Morgan fingerprint density at radius 3 is 2.62 bits per heavy atom. The highest BCUT2D eigenvalue weighted by molar-refractivity contribution is 5.94. The van der Waals surface area contributed by atoms with Crippen molar-refractivity contribution in [1.29, 1.82) is 0 Å². The van der Waals surface area contributed by atoms with Gasteiger partial charge < -0.3 is 14.8 Å². The number of fused-ring (bicyclic) bond motifs is 1. The second-order valence-corrected chi connectivity index (χ2v) is 8.68. The van der Waals surface area contributed by atoms with Gasteiger partial charge in [-0.15, -0.1) is 0 Å². The van der Waals surface area contributed by atoms with Crippen molar-refractivity contribution in [3.8, 4) is 0 Å². The molecule has 8 heteroatoms. The van der Waals surface area contributed by atoms with E-state index in [0.717, 1.165) is 36.2 Å². The molecule has 4 heterocycles. The Hall–Kier alpha value is -3.29. The lowest BCUT2D eigenvalue weighted by Gasteiger charge is -2.37. The van der Waals surface area contributed by atoms with Gasteiger partial charge in [0.25, 0.3) is 5.91 Å². The number of imidazole rings is 1. The van der Waals surface area contributed by atoms with Crippen LogP contribution >= 0.6 is 0 Å². The van der Waals surface area contributed by atoms with Crippen LogP contribution in [-0.2, 0) is 4.79 Å². The second-order valence-electron chi connectivity index (χ2n) is 8.68. The molecule has 0 radical (unpaired) electrons. The van der Waals surface area contributed by atoms with E-state index in [1.165, 1.54) is 12.1 Å². The van der Waals surface area contributed by atoms with Crippen LogP contribution < -0.4 is 0 Å². The van der Waals surface area contributed by atoms with Crippen molar-refractivity contribution < 1.29 is 14.0 Å². The summed E-state index contributed by atoms with van der Waals surface area (Å²) >= 11 is 0. The monoisotopic (exact) mass is 435 g/mol. The lowest BCUT2D eigenvalue weighted by molar-refractivity contribution is -0.138. The summed E-state index contributed by atoms with van der Waals surface area (Å²) in [6.07, 6.45) is 6.65. The number of H-pyrrole nitrogens is 1. The molecule has 5 rings (SSSR count). The smallest absolute Gasteiger partial charge is 0.256 e. The molecule has 166 valence electrons. The van der Waals surface area contributed by atoms with Crippen LogP contribution in [0.25, 0.3) is 11.0 Å². The zero-order chi connectivity index (χ0) is 22.1. The Morgan fingerprint density at radius 2 is 1.84 bits per heavy atom. The second kappa shape index (κ2) is 8.68. The first-order chi connectivity index (χ1) is 15.6. The first-order valence-electron chi connectivity index (χ1n) is 11.2. The zero-order valence-corrected chi connectivity index (χ0v) is 17.8. The molecule has 1 atom stereocenters. The first-order valence-corrected chi connectivity index (χ1v) is 11.2. The average Bonchev–Trinajstić information content (AvgIpc) is 3.28. The molecule has 0 aliphatic carbocycles. The molecule has 2 fully saturated rings. The van der Waals surface area contributed by atoms with E-state index in [2.05, 4.69) is 9.97 Å². The van der Waals surface area contributed by atoms with E-state index in [1.807, 2.05) is 11.0 Å². The number of hydrogen-bond acceptors (Lipinski definition) is 4. The van der Waals surface area contributed by atoms with Crippen molar-refractivity contribution in [2.45, 2.75) is 31.6 Å². The van der Waals surface area contributed by atoms with Gasteiger partial charge in [-0.1, -0.05) is 12.1 Å². The van der Waals surface area contributed by atoms with Crippen molar-refractivity contribution in [2.75, 3.05) is 26.2 Å². The van der Waals surface area contributed by atoms with Gasteiger partial charge in [-0.25, -0.2) is 9.37 Å². The number of halogens is 1. The van der Waals surface area contributed by atoms with E-state index in [9.17, 15) is 14.0 Å². The third-order valence-corrected chi connectivity index (χ3v) is 6.66. The molecule has 2 amide bonds. The molecule has 32 heavy (non-hydrogen) atoms. The number of aromatic nitrogens is 3. The zero-order valence-electron chi connectivity index (χ0n) is 17.8. The van der Waals surface area contributed by atoms with E-state index in [1.54, 1.807) is 29.4 Å². The molecular formula is C24H26FN5O2. The van der Waals surface area contributed by atoms with Gasteiger partial charge in [-0.3, -0.25) is 14.6 Å². The van der Waals surface area contributed by atoms with E-state index in [-0.39, 0.29) is 29.2 Å². The standard InChI is InChI=1S/C24H26FN5O2/c25-19-6-2-1-5-18(19)24(32)29-12-8-16(9-13-29)23(31)30-11-3-4-17(15-30)22-27-20-7-10-26-14-21(20)28-22/h1-2,5-7,10,14,16-17H,3-4,8-9,11-13,15H2,(H,27,28). The van der Waals surface area contributed by atoms with Crippen LogP contribution in [0.5, 0.6) is 0 Å². The summed E-state index contributed by atoms with van der Waals surface area (Å²) in [6.45, 7) is 2.35. The number of hydrogen-bond donors (Lipinski definition) is 1. The number of likely N-dealkylation sites (tertiary alicyclic amines) is 2. The minimum absolute atomic E-state index is 0.0946. The molecule has 2 saturated heterocycles. The van der Waals surface area contributed by atoms with Gasteiger partial charge in [0.1, 0.15) is 11.6 Å². The highest BCUT2D eigenvalue weighted by Gasteiger charge is 2.34. The van der Waals surface area contributed by atoms with Crippen LogP contribution in [-0.4, -0.2) is 62.7 Å². The lowest BCUT2D eigenvalue weighted by Crippen LogP contribution is -2.47. The van der Waals surface area contributed by atoms with E-state index >= 15 is 0 Å². The summed E-state index contributed by atoms with van der Waals surface area (Å²) in [6, 6.07) is 7.94. The number of pyridine rings is 1. The van der Waals surface area contributed by atoms with E-state index < -0.39 is 5.82 Å². The fraction of sp³-hybridized carbons (Fsp3) is 0.417. The summed E-state index contributed by atoms with van der Waals surface area (Å²) in [5.74, 6) is 0.352. The number of aromatic amines is 1. The molecule has 2 aliphatic rings. The number of rotatable bonds is 3. The number of nitrogens with zero attached hydrogens (tertiary/aromatic N) is 4. The Bertz CT molecular complexity index is 1110. The van der Waals surface area contributed by atoms with Crippen molar-refractivity contribution in [3.05, 3.63) is 59.9 Å². The van der Waals surface area contributed by atoms with E-state index in [0.29, 0.717) is 32.5 Å². The van der Waals surface area contributed by atoms with Crippen LogP contribution in [0.15, 0.2) is 42.7 Å². The third-order valence-electron chi connectivity index (χ3n) is 6.66. The average molecular weight is 436 g/mol. The van der Waals surface area contributed by atoms with Crippen LogP contribution in [0.4, 0.5) is 4.39 Å². The summed E-state index contributed by atoms with van der Waals surface area (Å²) in [5, 5.41) is 0. The Kier molecular flexibility index (Phi) is 5.59. The van der Waals surface area contributed by atoms with Crippen LogP contribution in [0, 0.1) is 11.7 Å². The van der Waals surface area contributed by atoms with Gasteiger partial charge >= 0.3 is 0 Å². The first kappa shape index (κ1) is 20.6. The molecule has 1 aromatic carbocycles. The van der Waals surface area contributed by atoms with Gasteiger partial charge in [0.15, 0.2) is 0 Å². The van der Waals surface area contributed by atoms with Gasteiger partial charge in [-0.05, 0) is 43.9 Å². The van der Waals surface area contributed by atoms with Gasteiger partial charge in [0.2, 0.25) is 5.91 Å². The fourth-order valence-electron chi connectivity index (χ4n) is 4.86. The normalized spacial score (nSPS) is 20.0. The van der Waals surface area contributed by atoms with Crippen molar-refractivity contribution in [2.24, 2.45) is 5.92 Å². The number of carbonyl (C=O) groups excluding carboxylic acids is 2. The predicted octanol–water partition coefficient (Wildman–Crippen LogP) is 3.36. The van der Waals surface area contributed by atoms with Gasteiger partial charge in [-0.2, -0.15) is 0 Å². The highest BCUT2D eigenvalue weighted by atomic mass is 19.1. The Balaban J connectivity index is 1.20. The number of amides is 2. The van der Waals surface area contributed by atoms with Crippen molar-refractivity contribution >= 4 is 22.8 Å². The summed E-state index contributed by atoms with van der Waals surface area (Å²) in [5.41, 5.74) is 1.90. The van der Waals surface area contributed by atoms with Crippen LogP contribution in [0.1, 0.15) is 47.8 Å². The molecule has 2 aromatic heterocycles. The maximum atomic E-state index is 14.0. The van der Waals surface area contributed by atoms with Gasteiger partial charge in [0.05, 0.1) is 22.8 Å². The summed E-state index contributed by atoms with van der Waals surface area (Å²) < 4.78 is 14.0. The Labute approximate surface area is 185 Å². The van der Waals surface area contributed by atoms with E-state index in [4.69, 9.17) is 4.98 Å². The van der Waals surface area contributed by atoms with Gasteiger partial charge in [0, 0.05) is 44.2 Å². The van der Waals surface area contributed by atoms with Crippen LogP contribution in [0.3, 0.4) is 0 Å². The maximum Gasteiger partial charge on any atom is 0.256 e. The topological polar surface area (TPSA) is 82.2 Å². The number of carbonyl (C=O) groups is 2. The predicted molar refractivity (Wildman–Crippen MR) is 117 cm³/mol. The molecule has 7 nitrogen and oxygen atoms in total. The molecule has 0 spiro atoms. The number of nitrogens with one attached hydrogen (secondary N) is 1. The van der Waals surface area contributed by atoms with Crippen LogP contribution in [0.2, 0.25) is 0 Å². The quantitative estimate of drug-likeness (QED) is 0.684. The largest absolute Gasteiger partial charge is 0.342 e. The lowest BCUT2D eigenvalue weighted by atomic mass is 9.91. The number of piperidine rings is 2. The maximum absolute atomic E-state index is 14.0. The number of benzene rings is 1. The molecular weight excluding hydrogens is 409 g/mol.